The number of aryl methyl sites for hydroxylation is 1. The van der Waals surface area contributed by atoms with Crippen LogP contribution < -0.4 is 0 Å². The van der Waals surface area contributed by atoms with Crippen LogP contribution >= 0.6 is 11.6 Å². The van der Waals surface area contributed by atoms with Gasteiger partial charge in [0.25, 0.3) is 0 Å². The predicted octanol–water partition coefficient (Wildman–Crippen LogP) is 5.13. The molecule has 1 aromatic carbocycles. The maximum Gasteiger partial charge on any atom is 0.163 e. The van der Waals surface area contributed by atoms with Crippen molar-refractivity contribution in [3.63, 3.8) is 0 Å². The van der Waals surface area contributed by atoms with Gasteiger partial charge in [-0.05, 0) is 67.8 Å². The van der Waals surface area contributed by atoms with Gasteiger partial charge in [-0.2, -0.15) is 5.10 Å². The molecule has 3 aromatic heterocycles. The zero-order valence-corrected chi connectivity index (χ0v) is 17.8. The molecule has 0 aliphatic carbocycles. The van der Waals surface area contributed by atoms with Crippen LogP contribution in [0.4, 0.5) is 0 Å². The van der Waals surface area contributed by atoms with Gasteiger partial charge in [-0.1, -0.05) is 23.7 Å². The van der Waals surface area contributed by atoms with Crippen LogP contribution in [0, 0.1) is 6.92 Å². The Morgan fingerprint density at radius 3 is 2.80 bits per heavy atom. The van der Waals surface area contributed by atoms with E-state index in [1.54, 1.807) is 0 Å². The number of piperidine rings is 1. The van der Waals surface area contributed by atoms with Gasteiger partial charge in [0.1, 0.15) is 0 Å². The average Bonchev–Trinajstić information content (AvgIpc) is 3.10. The Labute approximate surface area is 181 Å². The maximum absolute atomic E-state index is 6.18. The molecule has 5 nitrogen and oxygen atoms in total. The van der Waals surface area contributed by atoms with Crippen LogP contribution in [0.2, 0.25) is 5.02 Å². The highest BCUT2D eigenvalue weighted by atomic mass is 35.5. The second kappa shape index (κ2) is 8.17. The fourth-order valence-electron chi connectivity index (χ4n) is 4.57. The van der Waals surface area contributed by atoms with E-state index in [4.69, 9.17) is 16.7 Å². The third-order valence-electron chi connectivity index (χ3n) is 5.91. The molecule has 1 atom stereocenters. The Bertz CT molecular complexity index is 1170. The first-order valence-corrected chi connectivity index (χ1v) is 10.8. The van der Waals surface area contributed by atoms with Crippen molar-refractivity contribution >= 4 is 17.2 Å². The van der Waals surface area contributed by atoms with Gasteiger partial charge < -0.3 is 0 Å². The second-order valence-electron chi connectivity index (χ2n) is 8.01. The SMILES string of the molecule is Cc1nn2c(C3CCCN(Cc4cccc(Cl)c4)C3)ccnc2c1-c1ccncc1. The summed E-state index contributed by atoms with van der Waals surface area (Å²) >= 11 is 6.18. The fourth-order valence-corrected chi connectivity index (χ4v) is 4.78. The number of hydrogen-bond donors (Lipinski definition) is 0. The van der Waals surface area contributed by atoms with Crippen LogP contribution in [0.5, 0.6) is 0 Å². The lowest BCUT2D eigenvalue weighted by atomic mass is 9.94. The predicted molar refractivity (Wildman–Crippen MR) is 120 cm³/mol. The summed E-state index contributed by atoms with van der Waals surface area (Å²) in [6, 6.07) is 14.3. The molecule has 0 saturated carbocycles. The van der Waals surface area contributed by atoms with Crippen molar-refractivity contribution in [2.75, 3.05) is 13.1 Å². The number of fused-ring (bicyclic) bond motifs is 1. The van der Waals surface area contributed by atoms with Crippen LogP contribution in [0.15, 0.2) is 61.1 Å². The van der Waals surface area contributed by atoms with Crippen molar-refractivity contribution in [3.05, 3.63) is 83.0 Å². The number of likely N-dealkylation sites (tertiary alicyclic amines) is 1. The molecule has 1 unspecified atom stereocenters. The molecular weight excluding hydrogens is 394 g/mol. The van der Waals surface area contributed by atoms with Gasteiger partial charge in [0.05, 0.1) is 11.4 Å². The Morgan fingerprint density at radius 2 is 1.97 bits per heavy atom. The Hall–Kier alpha value is -2.76. The van der Waals surface area contributed by atoms with E-state index in [1.165, 1.54) is 17.7 Å². The minimum Gasteiger partial charge on any atom is -0.298 e. The number of aromatic nitrogens is 4. The van der Waals surface area contributed by atoms with E-state index in [2.05, 4.69) is 44.5 Å². The lowest BCUT2D eigenvalue weighted by Crippen LogP contribution is -2.34. The number of benzene rings is 1. The monoisotopic (exact) mass is 417 g/mol. The molecule has 0 amide bonds. The molecule has 1 saturated heterocycles. The number of pyridine rings is 1. The van der Waals surface area contributed by atoms with E-state index in [9.17, 15) is 0 Å². The minimum atomic E-state index is 0.424. The van der Waals surface area contributed by atoms with E-state index in [1.807, 2.05) is 42.9 Å². The molecular formula is C24H24ClN5. The first kappa shape index (κ1) is 19.2. The van der Waals surface area contributed by atoms with Crippen LogP contribution in [0.25, 0.3) is 16.8 Å². The van der Waals surface area contributed by atoms with Gasteiger partial charge in [-0.15, -0.1) is 0 Å². The number of hydrogen-bond acceptors (Lipinski definition) is 4. The lowest BCUT2D eigenvalue weighted by molar-refractivity contribution is 0.197. The van der Waals surface area contributed by atoms with Crippen molar-refractivity contribution in [3.8, 4) is 11.1 Å². The molecule has 4 heterocycles. The molecule has 30 heavy (non-hydrogen) atoms. The summed E-state index contributed by atoms with van der Waals surface area (Å²) in [6.07, 6.45) is 7.89. The highest BCUT2D eigenvalue weighted by Gasteiger charge is 2.25. The minimum absolute atomic E-state index is 0.424. The molecule has 5 rings (SSSR count). The molecule has 1 aliphatic heterocycles. The topological polar surface area (TPSA) is 46.3 Å². The van der Waals surface area contributed by atoms with E-state index in [0.717, 1.165) is 53.5 Å². The standard InChI is InChI=1S/C24H24ClN5/c1-17-23(19-7-10-26-11-8-19)24-27-12-9-22(30(24)28-17)20-5-3-13-29(16-20)15-18-4-2-6-21(25)14-18/h2,4,6-12,14,20H,3,5,13,15-16H2,1H3. The number of halogens is 1. The molecule has 152 valence electrons. The van der Waals surface area contributed by atoms with Crippen molar-refractivity contribution in [2.45, 2.75) is 32.2 Å². The maximum atomic E-state index is 6.18. The molecule has 4 aromatic rings. The number of rotatable bonds is 4. The van der Waals surface area contributed by atoms with E-state index >= 15 is 0 Å². The molecule has 0 radical (unpaired) electrons. The van der Waals surface area contributed by atoms with Gasteiger partial charge in [-0.3, -0.25) is 9.88 Å². The third-order valence-corrected chi connectivity index (χ3v) is 6.15. The van der Waals surface area contributed by atoms with Gasteiger partial charge >= 0.3 is 0 Å². The normalized spacial score (nSPS) is 17.5. The Balaban J connectivity index is 1.46. The van der Waals surface area contributed by atoms with Gasteiger partial charge in [0.15, 0.2) is 5.65 Å². The fraction of sp³-hybridized carbons (Fsp3) is 0.292. The van der Waals surface area contributed by atoms with E-state index < -0.39 is 0 Å². The lowest BCUT2D eigenvalue weighted by Gasteiger charge is -2.33. The molecule has 0 spiro atoms. The summed E-state index contributed by atoms with van der Waals surface area (Å²) in [4.78, 5) is 11.3. The molecule has 6 heteroatoms. The van der Waals surface area contributed by atoms with E-state index in [0.29, 0.717) is 5.92 Å². The van der Waals surface area contributed by atoms with Gasteiger partial charge in [0, 0.05) is 48.2 Å². The largest absolute Gasteiger partial charge is 0.298 e. The smallest absolute Gasteiger partial charge is 0.163 e. The Kier molecular flexibility index (Phi) is 5.23. The first-order chi connectivity index (χ1) is 14.7. The second-order valence-corrected chi connectivity index (χ2v) is 8.44. The quantitative estimate of drug-likeness (QED) is 0.461. The molecule has 0 N–H and O–H groups in total. The summed E-state index contributed by atoms with van der Waals surface area (Å²) in [5.41, 5.74) is 6.60. The highest BCUT2D eigenvalue weighted by Crippen LogP contribution is 2.32. The summed E-state index contributed by atoms with van der Waals surface area (Å²) in [5, 5.41) is 5.68. The molecule has 0 bridgehead atoms. The zero-order chi connectivity index (χ0) is 20.5. The van der Waals surface area contributed by atoms with Gasteiger partial charge in [0.2, 0.25) is 0 Å². The summed E-state index contributed by atoms with van der Waals surface area (Å²) in [7, 11) is 0. The van der Waals surface area contributed by atoms with Gasteiger partial charge in [-0.25, -0.2) is 9.50 Å². The summed E-state index contributed by atoms with van der Waals surface area (Å²) in [5.74, 6) is 0.424. The van der Waals surface area contributed by atoms with Crippen LogP contribution in [-0.2, 0) is 6.54 Å². The highest BCUT2D eigenvalue weighted by molar-refractivity contribution is 6.30. The van der Waals surface area contributed by atoms with Crippen molar-refractivity contribution in [2.24, 2.45) is 0 Å². The van der Waals surface area contributed by atoms with Crippen LogP contribution in [-0.4, -0.2) is 37.6 Å². The van der Waals surface area contributed by atoms with Crippen LogP contribution in [0.1, 0.15) is 35.7 Å². The molecule has 1 fully saturated rings. The number of nitrogens with zero attached hydrogens (tertiary/aromatic N) is 5. The van der Waals surface area contributed by atoms with Crippen LogP contribution in [0.3, 0.4) is 0 Å². The molecule has 1 aliphatic rings. The first-order valence-electron chi connectivity index (χ1n) is 10.4. The Morgan fingerprint density at radius 1 is 1.10 bits per heavy atom. The van der Waals surface area contributed by atoms with Crippen molar-refractivity contribution < 1.29 is 0 Å². The van der Waals surface area contributed by atoms with Crippen molar-refractivity contribution in [1.29, 1.82) is 0 Å². The summed E-state index contributed by atoms with van der Waals surface area (Å²) < 4.78 is 2.05. The van der Waals surface area contributed by atoms with E-state index in [-0.39, 0.29) is 0 Å². The average molecular weight is 418 g/mol. The summed E-state index contributed by atoms with van der Waals surface area (Å²) in [6.45, 7) is 5.10. The zero-order valence-electron chi connectivity index (χ0n) is 17.0. The third kappa shape index (κ3) is 3.71. The van der Waals surface area contributed by atoms with Crippen molar-refractivity contribution in [1.82, 2.24) is 24.5 Å².